The first-order valence-corrected chi connectivity index (χ1v) is 10.7. The molecule has 2 aliphatic heterocycles. The van der Waals surface area contributed by atoms with E-state index in [9.17, 15) is 14.4 Å². The van der Waals surface area contributed by atoms with Gasteiger partial charge >= 0.3 is 0 Å². The second kappa shape index (κ2) is 9.58. The zero-order chi connectivity index (χ0) is 20.1. The van der Waals surface area contributed by atoms with Crippen molar-refractivity contribution in [2.75, 3.05) is 26.2 Å². The lowest BCUT2D eigenvalue weighted by Crippen LogP contribution is -2.45. The molecule has 1 unspecified atom stereocenters. The lowest BCUT2D eigenvalue weighted by atomic mass is 10.0. The van der Waals surface area contributed by atoms with Gasteiger partial charge in [-0.2, -0.15) is 0 Å². The van der Waals surface area contributed by atoms with Crippen LogP contribution in [0.5, 0.6) is 0 Å². The fourth-order valence-electron chi connectivity index (χ4n) is 3.37. The molecule has 3 amide bonds. The summed E-state index contributed by atoms with van der Waals surface area (Å²) in [5, 5.41) is 3.01. The van der Waals surface area contributed by atoms with Crippen LogP contribution < -0.4 is 5.32 Å². The van der Waals surface area contributed by atoms with Crippen molar-refractivity contribution in [3.63, 3.8) is 0 Å². The molecule has 1 N–H and O–H groups in total. The van der Waals surface area contributed by atoms with E-state index < -0.39 is 0 Å². The third-order valence-corrected chi connectivity index (χ3v) is 6.26. The summed E-state index contributed by atoms with van der Waals surface area (Å²) in [4.78, 5) is 40.5. The minimum atomic E-state index is -0.353. The first kappa shape index (κ1) is 20.9. The van der Waals surface area contributed by atoms with Crippen molar-refractivity contribution in [3.8, 4) is 0 Å². The Labute approximate surface area is 174 Å². The van der Waals surface area contributed by atoms with Gasteiger partial charge in [-0.15, -0.1) is 0 Å². The zero-order valence-corrected chi connectivity index (χ0v) is 17.4. The summed E-state index contributed by atoms with van der Waals surface area (Å²) in [6.07, 6.45) is 5.07. The van der Waals surface area contributed by atoms with Crippen molar-refractivity contribution in [1.82, 2.24) is 15.1 Å². The van der Waals surface area contributed by atoms with E-state index in [1.54, 1.807) is 24.3 Å². The predicted molar refractivity (Wildman–Crippen MR) is 112 cm³/mol. The fraction of sp³-hybridized carbons (Fsp3) is 0.450. The second-order valence-corrected chi connectivity index (χ2v) is 8.42. The number of hydrogen-bond donors (Lipinski definition) is 1. The Bertz CT molecular complexity index is 799. The topological polar surface area (TPSA) is 69.7 Å². The largest absolute Gasteiger partial charge is 0.353 e. The summed E-state index contributed by atoms with van der Waals surface area (Å²) in [7, 11) is 0. The van der Waals surface area contributed by atoms with Gasteiger partial charge in [0.2, 0.25) is 5.91 Å². The SMILES string of the molecule is CC1CCCCN1CC(=O)NCCN1C(=O)SC(=Cc2ccccc2Cl)C1=O. The molecule has 0 saturated carbocycles. The molecule has 6 nitrogen and oxygen atoms in total. The number of carbonyl (C=O) groups excluding carboxylic acids is 3. The van der Waals surface area contributed by atoms with Gasteiger partial charge < -0.3 is 5.32 Å². The lowest BCUT2D eigenvalue weighted by molar-refractivity contribution is -0.125. The zero-order valence-electron chi connectivity index (χ0n) is 15.8. The van der Waals surface area contributed by atoms with E-state index in [0.29, 0.717) is 28.1 Å². The maximum absolute atomic E-state index is 12.5. The van der Waals surface area contributed by atoms with Crippen molar-refractivity contribution < 1.29 is 14.4 Å². The highest BCUT2D eigenvalue weighted by Crippen LogP contribution is 2.33. The number of likely N-dealkylation sites (tertiary alicyclic amines) is 1. The number of amides is 3. The van der Waals surface area contributed by atoms with Crippen molar-refractivity contribution in [1.29, 1.82) is 0 Å². The van der Waals surface area contributed by atoms with E-state index in [0.717, 1.165) is 36.0 Å². The van der Waals surface area contributed by atoms with E-state index in [1.807, 2.05) is 6.07 Å². The van der Waals surface area contributed by atoms with Crippen molar-refractivity contribution in [2.45, 2.75) is 32.2 Å². The van der Waals surface area contributed by atoms with Crippen LogP contribution in [0.3, 0.4) is 0 Å². The summed E-state index contributed by atoms with van der Waals surface area (Å²) in [5.41, 5.74) is 0.693. The molecule has 150 valence electrons. The fourth-order valence-corrected chi connectivity index (χ4v) is 4.41. The molecule has 0 aliphatic carbocycles. The maximum Gasteiger partial charge on any atom is 0.293 e. The number of carbonyl (C=O) groups is 3. The Morgan fingerprint density at radius 3 is 2.86 bits per heavy atom. The van der Waals surface area contributed by atoms with Crippen LogP contribution in [-0.4, -0.2) is 59.1 Å². The summed E-state index contributed by atoms with van der Waals surface area (Å²) in [6, 6.07) is 7.56. The Kier molecular flexibility index (Phi) is 7.15. The molecule has 1 aromatic rings. The molecule has 0 aromatic heterocycles. The average Bonchev–Trinajstić information content (AvgIpc) is 2.93. The molecule has 0 bridgehead atoms. The average molecular weight is 422 g/mol. The Hall–Kier alpha value is -1.83. The van der Waals surface area contributed by atoms with Crippen LogP contribution in [-0.2, 0) is 9.59 Å². The van der Waals surface area contributed by atoms with E-state index in [2.05, 4.69) is 17.1 Å². The van der Waals surface area contributed by atoms with Gasteiger partial charge in [0, 0.05) is 24.2 Å². The number of piperidine rings is 1. The van der Waals surface area contributed by atoms with Crippen LogP contribution in [0.25, 0.3) is 6.08 Å². The molecule has 28 heavy (non-hydrogen) atoms. The van der Waals surface area contributed by atoms with Gasteiger partial charge in [0.25, 0.3) is 11.1 Å². The summed E-state index contributed by atoms with van der Waals surface area (Å²) in [6.45, 7) is 3.84. The summed E-state index contributed by atoms with van der Waals surface area (Å²) in [5.74, 6) is -0.429. The van der Waals surface area contributed by atoms with E-state index in [-0.39, 0.29) is 30.1 Å². The van der Waals surface area contributed by atoms with E-state index >= 15 is 0 Å². The Morgan fingerprint density at radius 1 is 1.32 bits per heavy atom. The molecule has 2 aliphatic rings. The maximum atomic E-state index is 12.5. The van der Waals surface area contributed by atoms with Crippen molar-refractivity contribution in [3.05, 3.63) is 39.8 Å². The Morgan fingerprint density at radius 2 is 2.11 bits per heavy atom. The monoisotopic (exact) mass is 421 g/mol. The molecule has 2 heterocycles. The van der Waals surface area contributed by atoms with Gasteiger partial charge in [-0.25, -0.2) is 0 Å². The van der Waals surface area contributed by atoms with Gasteiger partial charge in [0.05, 0.1) is 11.4 Å². The number of imide groups is 1. The molecule has 2 fully saturated rings. The molecule has 8 heteroatoms. The molecular formula is C20H24ClN3O3S. The van der Waals surface area contributed by atoms with Crippen molar-refractivity contribution >= 4 is 46.5 Å². The molecule has 0 radical (unpaired) electrons. The van der Waals surface area contributed by atoms with Gasteiger partial charge in [-0.05, 0) is 55.8 Å². The third kappa shape index (κ3) is 5.16. The normalized spacial score (nSPS) is 22.1. The number of rotatable bonds is 6. The number of nitrogens with zero attached hydrogens (tertiary/aromatic N) is 2. The Balaban J connectivity index is 1.51. The third-order valence-electron chi connectivity index (χ3n) is 5.01. The minimum absolute atomic E-state index is 0.0765. The summed E-state index contributed by atoms with van der Waals surface area (Å²) < 4.78 is 0. The van der Waals surface area contributed by atoms with Crippen LogP contribution in [0.1, 0.15) is 31.7 Å². The van der Waals surface area contributed by atoms with Crippen LogP contribution in [0.15, 0.2) is 29.2 Å². The first-order valence-electron chi connectivity index (χ1n) is 9.46. The number of halogens is 1. The molecule has 0 spiro atoms. The highest BCUT2D eigenvalue weighted by atomic mass is 35.5. The molecule has 2 saturated heterocycles. The highest BCUT2D eigenvalue weighted by molar-refractivity contribution is 8.18. The molecule has 1 atom stereocenters. The molecular weight excluding hydrogens is 398 g/mol. The predicted octanol–water partition coefficient (Wildman–Crippen LogP) is 3.37. The smallest absolute Gasteiger partial charge is 0.293 e. The van der Waals surface area contributed by atoms with Gasteiger partial charge in [-0.3, -0.25) is 24.2 Å². The van der Waals surface area contributed by atoms with Crippen LogP contribution in [0.4, 0.5) is 4.79 Å². The number of benzene rings is 1. The second-order valence-electron chi connectivity index (χ2n) is 7.02. The van der Waals surface area contributed by atoms with Gasteiger partial charge in [-0.1, -0.05) is 36.2 Å². The lowest BCUT2D eigenvalue weighted by Gasteiger charge is -2.32. The number of hydrogen-bond acceptors (Lipinski definition) is 5. The van der Waals surface area contributed by atoms with Gasteiger partial charge in [0.1, 0.15) is 0 Å². The van der Waals surface area contributed by atoms with Crippen LogP contribution in [0.2, 0.25) is 5.02 Å². The standard InChI is InChI=1S/C20H24ClN3O3S/c1-14-6-4-5-10-23(14)13-18(25)22-9-11-24-19(26)17(28-20(24)27)12-15-7-2-3-8-16(15)21/h2-3,7-8,12,14H,4-6,9-11,13H2,1H3,(H,22,25). The molecule has 3 rings (SSSR count). The van der Waals surface area contributed by atoms with Gasteiger partial charge in [0.15, 0.2) is 0 Å². The van der Waals surface area contributed by atoms with Crippen LogP contribution >= 0.6 is 23.4 Å². The van der Waals surface area contributed by atoms with Crippen LogP contribution in [0, 0.1) is 0 Å². The first-order chi connectivity index (χ1) is 13.5. The van der Waals surface area contributed by atoms with Crippen molar-refractivity contribution in [2.24, 2.45) is 0 Å². The minimum Gasteiger partial charge on any atom is -0.353 e. The number of thioether (sulfide) groups is 1. The van der Waals surface area contributed by atoms with E-state index in [4.69, 9.17) is 11.6 Å². The highest BCUT2D eigenvalue weighted by Gasteiger charge is 2.34. The quantitative estimate of drug-likeness (QED) is 0.713. The van der Waals surface area contributed by atoms with E-state index in [1.165, 1.54) is 6.42 Å². The summed E-state index contributed by atoms with van der Waals surface area (Å²) >= 11 is 7.01. The number of nitrogens with one attached hydrogen (secondary N) is 1. The molecule has 1 aromatic carbocycles.